The van der Waals surface area contributed by atoms with Crippen LogP contribution in [-0.2, 0) is 23.8 Å². The molecule has 0 amide bonds. The fourth-order valence-corrected chi connectivity index (χ4v) is 8.08. The van der Waals surface area contributed by atoms with Crippen molar-refractivity contribution in [1.29, 1.82) is 0 Å². The van der Waals surface area contributed by atoms with Crippen molar-refractivity contribution in [2.45, 2.75) is 271 Å². The van der Waals surface area contributed by atoms with Crippen LogP contribution in [0.15, 0.2) is 122 Å². The van der Waals surface area contributed by atoms with E-state index in [0.717, 1.165) is 89.9 Å². The van der Waals surface area contributed by atoms with Crippen molar-refractivity contribution in [3.63, 3.8) is 0 Å². The Balaban J connectivity index is 4.41. The van der Waals surface area contributed by atoms with Gasteiger partial charge in [0.15, 0.2) is 6.10 Å². The monoisotopic (exact) mass is 997 g/mol. The van der Waals surface area contributed by atoms with E-state index in [0.29, 0.717) is 25.9 Å². The van der Waals surface area contributed by atoms with E-state index >= 15 is 0 Å². The lowest BCUT2D eigenvalue weighted by Crippen LogP contribution is -2.30. The van der Waals surface area contributed by atoms with Crippen LogP contribution < -0.4 is 0 Å². The Morgan fingerprint density at radius 3 is 1.07 bits per heavy atom. The fraction of sp³-hybridized carbons (Fsp3) is 0.672. The molecule has 0 aliphatic rings. The minimum absolute atomic E-state index is 0.0353. The lowest BCUT2D eigenvalue weighted by Gasteiger charge is -2.18. The molecule has 0 aromatic rings. The van der Waals surface area contributed by atoms with Gasteiger partial charge in [-0.1, -0.05) is 258 Å². The number of carbonyl (C=O) groups excluding carboxylic acids is 2. The number of unbranched alkanes of at least 4 members (excludes halogenated alkanes) is 23. The summed E-state index contributed by atoms with van der Waals surface area (Å²) >= 11 is 0. The largest absolute Gasteiger partial charge is 0.462 e. The molecule has 0 bridgehead atoms. The number of esters is 2. The van der Waals surface area contributed by atoms with Gasteiger partial charge in [-0.25, -0.2) is 0 Å². The van der Waals surface area contributed by atoms with Gasteiger partial charge in [-0.2, -0.15) is 0 Å². The molecule has 0 spiro atoms. The Labute approximate surface area is 446 Å². The minimum atomic E-state index is -0.581. The molecule has 1 atom stereocenters. The van der Waals surface area contributed by atoms with Crippen LogP contribution in [0.2, 0.25) is 0 Å². The number of carbonyl (C=O) groups is 2. The van der Waals surface area contributed by atoms with Crippen molar-refractivity contribution >= 4 is 11.9 Å². The van der Waals surface area contributed by atoms with E-state index in [1.807, 2.05) is 6.08 Å². The molecule has 5 heteroatoms. The maximum Gasteiger partial charge on any atom is 0.306 e. The van der Waals surface area contributed by atoms with E-state index in [9.17, 15) is 9.59 Å². The molecule has 0 rings (SSSR count). The summed E-state index contributed by atoms with van der Waals surface area (Å²) in [5.74, 6) is -0.500. The van der Waals surface area contributed by atoms with Crippen LogP contribution in [0.1, 0.15) is 265 Å². The zero-order valence-corrected chi connectivity index (χ0v) is 47.2. The zero-order chi connectivity index (χ0) is 52.0. The van der Waals surface area contributed by atoms with Gasteiger partial charge >= 0.3 is 11.9 Å². The third-order valence-corrected chi connectivity index (χ3v) is 12.5. The maximum absolute atomic E-state index is 12.9. The van der Waals surface area contributed by atoms with Crippen molar-refractivity contribution in [2.24, 2.45) is 0 Å². The molecular formula is C67H112O5. The molecule has 0 aromatic heterocycles. The second kappa shape index (κ2) is 61.6. The molecule has 0 aliphatic heterocycles. The summed E-state index contributed by atoms with van der Waals surface area (Å²) in [6.07, 6.45) is 86.7. The molecule has 0 N–H and O–H groups in total. The van der Waals surface area contributed by atoms with Crippen molar-refractivity contribution in [1.82, 2.24) is 0 Å². The van der Waals surface area contributed by atoms with Crippen molar-refractivity contribution in [3.05, 3.63) is 122 Å². The third kappa shape index (κ3) is 58.9. The first-order chi connectivity index (χ1) is 35.6. The zero-order valence-electron chi connectivity index (χ0n) is 47.2. The normalized spacial score (nSPS) is 13.1. The van der Waals surface area contributed by atoms with E-state index in [4.69, 9.17) is 14.2 Å². The van der Waals surface area contributed by atoms with Crippen molar-refractivity contribution < 1.29 is 23.8 Å². The predicted molar refractivity (Wildman–Crippen MR) is 316 cm³/mol. The lowest BCUT2D eigenvalue weighted by molar-refractivity contribution is -0.162. The highest BCUT2D eigenvalue weighted by molar-refractivity contribution is 5.70. The average Bonchev–Trinajstić information content (AvgIpc) is 3.38. The van der Waals surface area contributed by atoms with Crippen LogP contribution in [0, 0.1) is 0 Å². The second-order valence-corrected chi connectivity index (χ2v) is 19.5. The summed E-state index contributed by atoms with van der Waals surface area (Å²) in [6, 6.07) is 0. The van der Waals surface area contributed by atoms with E-state index < -0.39 is 6.10 Å². The Kier molecular flexibility index (Phi) is 58.4. The lowest BCUT2D eigenvalue weighted by atomic mass is 10.1. The number of hydrogen-bond acceptors (Lipinski definition) is 5. The first kappa shape index (κ1) is 68.3. The molecule has 0 aromatic carbocycles. The molecule has 72 heavy (non-hydrogen) atoms. The molecule has 5 nitrogen and oxygen atoms in total. The molecule has 0 aliphatic carbocycles. The molecule has 0 heterocycles. The summed E-state index contributed by atoms with van der Waals surface area (Å²) < 4.78 is 17.4. The van der Waals surface area contributed by atoms with Crippen LogP contribution in [0.25, 0.3) is 0 Å². The average molecular weight is 998 g/mol. The molecule has 410 valence electrons. The van der Waals surface area contributed by atoms with Gasteiger partial charge in [0.25, 0.3) is 0 Å². The maximum atomic E-state index is 12.9. The van der Waals surface area contributed by atoms with Crippen LogP contribution in [0.3, 0.4) is 0 Å². The molecule has 0 saturated carbocycles. The standard InChI is InChI=1S/C67H112O5/c1-4-7-10-13-16-19-22-25-28-31-34-36-39-42-45-48-51-54-57-60-66(68)71-64-65(63-70-62-59-56-53-50-47-44-41-38-33-30-27-24-21-18-15-12-9-6-3)72-67(69)61-58-55-52-49-46-43-40-37-35-32-29-26-23-20-17-14-11-8-5-2/h7,9-10,12,16,18-19,21,25-30,34,36,42,45,51,54,65H,4-6,8,11,13-15,17,20,22-24,31-33,35,37-41,43-44,46-50,52-53,55-64H2,1-3H3/b10-7-,12-9-,19-16-,21-18-,28-25-,29-26-,30-27-,36-34-,45-42-,54-51-. The SMILES string of the molecule is CC/C=C\C/C=C\C/C=C\C/C=C\C/C=C\C/C=C\CCC(=O)OCC(COCCCCCCCCCC/C=C\C/C=C\C/C=C\CC)OC(=O)CCCCCCCCCCC/C=C\CCCCCCCC. The predicted octanol–water partition coefficient (Wildman–Crippen LogP) is 20.9. The van der Waals surface area contributed by atoms with Gasteiger partial charge < -0.3 is 14.2 Å². The summed E-state index contributed by atoms with van der Waals surface area (Å²) in [5, 5.41) is 0. The Morgan fingerprint density at radius 1 is 0.319 bits per heavy atom. The number of rotatable bonds is 54. The number of ether oxygens (including phenoxy) is 3. The fourth-order valence-electron chi connectivity index (χ4n) is 8.08. The molecule has 0 fully saturated rings. The van der Waals surface area contributed by atoms with Crippen LogP contribution in [0.5, 0.6) is 0 Å². The number of allylic oxidation sites excluding steroid dienone is 20. The highest BCUT2D eigenvalue weighted by atomic mass is 16.6. The Hall–Kier alpha value is -3.70. The number of hydrogen-bond donors (Lipinski definition) is 0. The Morgan fingerprint density at radius 2 is 0.653 bits per heavy atom. The van der Waals surface area contributed by atoms with E-state index in [1.165, 1.54) is 135 Å². The van der Waals surface area contributed by atoms with E-state index in [2.05, 4.69) is 136 Å². The smallest absolute Gasteiger partial charge is 0.306 e. The van der Waals surface area contributed by atoms with Gasteiger partial charge in [-0.15, -0.1) is 0 Å². The minimum Gasteiger partial charge on any atom is -0.462 e. The van der Waals surface area contributed by atoms with Gasteiger partial charge in [0, 0.05) is 19.4 Å². The van der Waals surface area contributed by atoms with Crippen LogP contribution >= 0.6 is 0 Å². The highest BCUT2D eigenvalue weighted by Gasteiger charge is 2.17. The van der Waals surface area contributed by atoms with E-state index in [1.54, 1.807) is 0 Å². The first-order valence-electron chi connectivity index (χ1n) is 30.1. The quantitative estimate of drug-likeness (QED) is 0.0345. The van der Waals surface area contributed by atoms with Gasteiger partial charge in [-0.05, 0) is 116 Å². The van der Waals surface area contributed by atoms with Gasteiger partial charge in [0.2, 0.25) is 0 Å². The van der Waals surface area contributed by atoms with Crippen molar-refractivity contribution in [3.8, 4) is 0 Å². The summed E-state index contributed by atoms with van der Waals surface area (Å²) in [6.45, 7) is 7.52. The third-order valence-electron chi connectivity index (χ3n) is 12.5. The Bertz CT molecular complexity index is 1450. The van der Waals surface area contributed by atoms with E-state index in [-0.39, 0.29) is 25.2 Å². The summed E-state index contributed by atoms with van der Waals surface area (Å²) in [4.78, 5) is 25.6. The molecular weight excluding hydrogens is 885 g/mol. The molecule has 0 radical (unpaired) electrons. The van der Waals surface area contributed by atoms with Gasteiger partial charge in [0.1, 0.15) is 6.61 Å². The van der Waals surface area contributed by atoms with Crippen LogP contribution in [0.4, 0.5) is 0 Å². The van der Waals surface area contributed by atoms with Crippen molar-refractivity contribution in [2.75, 3.05) is 19.8 Å². The summed E-state index contributed by atoms with van der Waals surface area (Å²) in [7, 11) is 0. The van der Waals surface area contributed by atoms with Gasteiger partial charge in [-0.3, -0.25) is 9.59 Å². The second-order valence-electron chi connectivity index (χ2n) is 19.5. The topological polar surface area (TPSA) is 61.8 Å². The van der Waals surface area contributed by atoms with Crippen LogP contribution in [-0.4, -0.2) is 37.9 Å². The highest BCUT2D eigenvalue weighted by Crippen LogP contribution is 2.15. The first-order valence-corrected chi connectivity index (χ1v) is 30.1. The summed E-state index contributed by atoms with van der Waals surface area (Å²) in [5.41, 5.74) is 0. The molecule has 0 saturated heterocycles. The van der Waals surface area contributed by atoms with Gasteiger partial charge in [0.05, 0.1) is 6.61 Å². The molecule has 1 unspecified atom stereocenters.